The van der Waals surface area contributed by atoms with Crippen LogP contribution in [0, 0.1) is 17.8 Å². The van der Waals surface area contributed by atoms with Crippen molar-refractivity contribution >= 4 is 22.8 Å². The van der Waals surface area contributed by atoms with Gasteiger partial charge in [0.1, 0.15) is 0 Å². The fourth-order valence-electron chi connectivity index (χ4n) is 4.47. The zero-order valence-electron chi connectivity index (χ0n) is 13.5. The van der Waals surface area contributed by atoms with Gasteiger partial charge in [0.15, 0.2) is 5.17 Å². The van der Waals surface area contributed by atoms with E-state index in [-0.39, 0.29) is 0 Å². The molecule has 1 saturated heterocycles. The van der Waals surface area contributed by atoms with Crippen molar-refractivity contribution in [1.82, 2.24) is 4.90 Å². The molecule has 3 fully saturated rings. The summed E-state index contributed by atoms with van der Waals surface area (Å²) in [7, 11) is 0. The van der Waals surface area contributed by atoms with Crippen molar-refractivity contribution in [1.29, 1.82) is 0 Å². The standard InChI is InChI=1S/C19H24N2OS/c22-18(12-17-11-15-6-7-16(17)10-15)21-8-9-23-19(21)20-13-14-4-2-1-3-5-14/h1-5,15-17H,6-13H2/t15-,16+,17-/m1/s1. The lowest BCUT2D eigenvalue weighted by Gasteiger charge is -2.24. The third-order valence-electron chi connectivity index (χ3n) is 5.64. The van der Waals surface area contributed by atoms with Crippen LogP contribution in [0.4, 0.5) is 0 Å². The maximum Gasteiger partial charge on any atom is 0.228 e. The van der Waals surface area contributed by atoms with Crippen molar-refractivity contribution in [2.24, 2.45) is 22.7 Å². The quantitative estimate of drug-likeness (QED) is 0.838. The first-order chi connectivity index (χ1) is 11.3. The molecule has 23 heavy (non-hydrogen) atoms. The summed E-state index contributed by atoms with van der Waals surface area (Å²) >= 11 is 1.73. The Morgan fingerprint density at radius 2 is 2.09 bits per heavy atom. The second-order valence-electron chi connectivity index (χ2n) is 7.12. The van der Waals surface area contributed by atoms with Crippen molar-refractivity contribution in [2.75, 3.05) is 12.3 Å². The minimum Gasteiger partial charge on any atom is -0.291 e. The molecule has 0 spiro atoms. The third-order valence-corrected chi connectivity index (χ3v) is 6.63. The van der Waals surface area contributed by atoms with Gasteiger partial charge in [0, 0.05) is 18.7 Å². The van der Waals surface area contributed by atoms with Gasteiger partial charge in [0.05, 0.1) is 6.54 Å². The van der Waals surface area contributed by atoms with Crippen LogP contribution < -0.4 is 0 Å². The van der Waals surface area contributed by atoms with Crippen LogP contribution in [-0.2, 0) is 11.3 Å². The highest BCUT2D eigenvalue weighted by Crippen LogP contribution is 2.49. The van der Waals surface area contributed by atoms with Crippen molar-refractivity contribution in [3.63, 3.8) is 0 Å². The Labute approximate surface area is 142 Å². The Hall–Kier alpha value is -1.29. The number of rotatable bonds is 4. The molecule has 3 aliphatic rings. The van der Waals surface area contributed by atoms with E-state index in [0.717, 1.165) is 35.7 Å². The Morgan fingerprint density at radius 3 is 2.83 bits per heavy atom. The number of hydrogen-bond acceptors (Lipinski definition) is 3. The SMILES string of the molecule is O=C(C[C@H]1C[C@@H]2CC[C@H]1C2)N1CCSC1=NCc1ccccc1. The number of carbonyl (C=O) groups excluding carboxylic acids is 1. The third kappa shape index (κ3) is 3.32. The minimum atomic E-state index is 0.305. The second-order valence-corrected chi connectivity index (χ2v) is 8.18. The van der Waals surface area contributed by atoms with E-state index in [1.807, 2.05) is 23.1 Å². The highest BCUT2D eigenvalue weighted by molar-refractivity contribution is 8.14. The first kappa shape index (κ1) is 15.3. The van der Waals surface area contributed by atoms with Gasteiger partial charge in [-0.05, 0) is 42.6 Å². The van der Waals surface area contributed by atoms with E-state index in [0.29, 0.717) is 18.4 Å². The zero-order valence-corrected chi connectivity index (χ0v) is 14.3. The Morgan fingerprint density at radius 1 is 1.22 bits per heavy atom. The van der Waals surface area contributed by atoms with Crippen LogP contribution in [-0.4, -0.2) is 28.3 Å². The number of amides is 1. The van der Waals surface area contributed by atoms with E-state index in [1.54, 1.807) is 11.8 Å². The molecule has 3 nitrogen and oxygen atoms in total. The number of aliphatic imine (C=N–C) groups is 1. The summed E-state index contributed by atoms with van der Waals surface area (Å²) in [5.74, 6) is 3.67. The van der Waals surface area contributed by atoms with Crippen LogP contribution in [0.3, 0.4) is 0 Å². The van der Waals surface area contributed by atoms with Crippen LogP contribution in [0.1, 0.15) is 37.7 Å². The molecule has 2 saturated carbocycles. The number of amidine groups is 1. The van der Waals surface area contributed by atoms with Gasteiger partial charge in [-0.1, -0.05) is 48.5 Å². The minimum absolute atomic E-state index is 0.305. The first-order valence-corrected chi connectivity index (χ1v) is 9.79. The van der Waals surface area contributed by atoms with Gasteiger partial charge >= 0.3 is 0 Å². The molecule has 3 atom stereocenters. The fraction of sp³-hybridized carbons (Fsp3) is 0.579. The summed E-state index contributed by atoms with van der Waals surface area (Å²) in [5.41, 5.74) is 1.20. The molecule has 1 aromatic rings. The van der Waals surface area contributed by atoms with Gasteiger partial charge in [-0.2, -0.15) is 0 Å². The maximum atomic E-state index is 12.7. The summed E-state index contributed by atoms with van der Waals surface area (Å²) in [6.45, 7) is 1.50. The van der Waals surface area contributed by atoms with Crippen molar-refractivity contribution in [2.45, 2.75) is 38.6 Å². The molecule has 4 heteroatoms. The Balaban J connectivity index is 1.38. The highest BCUT2D eigenvalue weighted by Gasteiger charge is 2.41. The normalized spacial score (nSPS) is 31.2. The molecule has 0 N–H and O–H groups in total. The second kappa shape index (κ2) is 6.68. The number of thioether (sulfide) groups is 1. The predicted octanol–water partition coefficient (Wildman–Crippen LogP) is 3.94. The molecule has 2 bridgehead atoms. The first-order valence-electron chi connectivity index (χ1n) is 8.81. The lowest BCUT2D eigenvalue weighted by Crippen LogP contribution is -2.34. The summed E-state index contributed by atoms with van der Waals surface area (Å²) < 4.78 is 0. The molecule has 0 unspecified atom stereocenters. The van der Waals surface area contributed by atoms with Crippen molar-refractivity contribution in [3.05, 3.63) is 35.9 Å². The smallest absolute Gasteiger partial charge is 0.228 e. The molecule has 4 rings (SSSR count). The number of hydrogen-bond donors (Lipinski definition) is 0. The average molecular weight is 328 g/mol. The molecular weight excluding hydrogens is 304 g/mol. The number of benzene rings is 1. The summed E-state index contributed by atoms with van der Waals surface area (Å²) in [5, 5.41) is 0.932. The number of nitrogens with zero attached hydrogens (tertiary/aromatic N) is 2. The Bertz CT molecular complexity index is 601. The molecular formula is C19H24N2OS. The molecule has 1 amide bonds. The maximum absolute atomic E-state index is 12.7. The number of carbonyl (C=O) groups is 1. The van der Waals surface area contributed by atoms with Crippen molar-refractivity contribution < 1.29 is 4.79 Å². The van der Waals surface area contributed by atoms with Gasteiger partial charge < -0.3 is 0 Å². The van der Waals surface area contributed by atoms with E-state index in [1.165, 1.54) is 31.2 Å². The van der Waals surface area contributed by atoms with E-state index >= 15 is 0 Å². The monoisotopic (exact) mass is 328 g/mol. The van der Waals surface area contributed by atoms with Gasteiger partial charge in [-0.25, -0.2) is 0 Å². The van der Waals surface area contributed by atoms with Crippen LogP contribution in [0.2, 0.25) is 0 Å². The van der Waals surface area contributed by atoms with Crippen LogP contribution in [0.5, 0.6) is 0 Å². The molecule has 1 heterocycles. The largest absolute Gasteiger partial charge is 0.291 e. The molecule has 1 aromatic carbocycles. The molecule has 1 aliphatic heterocycles. The molecule has 122 valence electrons. The lowest BCUT2D eigenvalue weighted by atomic mass is 9.86. The van der Waals surface area contributed by atoms with E-state index < -0.39 is 0 Å². The van der Waals surface area contributed by atoms with Crippen LogP contribution in [0.25, 0.3) is 0 Å². The Kier molecular flexibility index (Phi) is 4.43. The topological polar surface area (TPSA) is 32.7 Å². The number of fused-ring (bicyclic) bond motifs is 2. The molecule has 2 aliphatic carbocycles. The highest BCUT2D eigenvalue weighted by atomic mass is 32.2. The van der Waals surface area contributed by atoms with E-state index in [4.69, 9.17) is 4.99 Å². The van der Waals surface area contributed by atoms with Gasteiger partial charge in [-0.15, -0.1) is 0 Å². The average Bonchev–Trinajstić information content (AvgIpc) is 3.30. The van der Waals surface area contributed by atoms with Gasteiger partial charge in [-0.3, -0.25) is 14.7 Å². The van der Waals surface area contributed by atoms with Gasteiger partial charge in [0.25, 0.3) is 0 Å². The summed E-state index contributed by atoms with van der Waals surface area (Å²) in [6, 6.07) is 10.3. The molecule has 0 radical (unpaired) electrons. The van der Waals surface area contributed by atoms with Gasteiger partial charge in [0.2, 0.25) is 5.91 Å². The zero-order chi connectivity index (χ0) is 15.6. The van der Waals surface area contributed by atoms with Crippen molar-refractivity contribution in [3.8, 4) is 0 Å². The summed E-state index contributed by atoms with van der Waals surface area (Å²) in [4.78, 5) is 19.4. The van der Waals surface area contributed by atoms with E-state index in [9.17, 15) is 4.79 Å². The lowest BCUT2D eigenvalue weighted by molar-refractivity contribution is -0.128. The van der Waals surface area contributed by atoms with E-state index in [2.05, 4.69) is 12.1 Å². The van der Waals surface area contributed by atoms with Crippen LogP contribution in [0.15, 0.2) is 35.3 Å². The summed E-state index contributed by atoms with van der Waals surface area (Å²) in [6.07, 6.45) is 6.16. The van der Waals surface area contributed by atoms with Crippen LogP contribution >= 0.6 is 11.8 Å². The molecule has 0 aromatic heterocycles. The fourth-order valence-corrected chi connectivity index (χ4v) is 5.43. The predicted molar refractivity (Wildman–Crippen MR) is 95.3 cm³/mol.